The van der Waals surface area contributed by atoms with Crippen LogP contribution in [0.25, 0.3) is 0 Å². The maximum Gasteiger partial charge on any atom is 0.241 e. The van der Waals surface area contributed by atoms with Crippen LogP contribution in [0.3, 0.4) is 0 Å². The minimum absolute atomic E-state index is 0.330. The van der Waals surface area contributed by atoms with E-state index in [2.05, 4.69) is 11.6 Å². The Bertz CT molecular complexity index is 613. The van der Waals surface area contributed by atoms with Crippen molar-refractivity contribution in [3.8, 4) is 0 Å². The van der Waals surface area contributed by atoms with Crippen molar-refractivity contribution in [3.63, 3.8) is 0 Å². The van der Waals surface area contributed by atoms with Gasteiger partial charge in [-0.05, 0) is 55.9 Å². The first-order valence-corrected chi connectivity index (χ1v) is 9.08. The number of benzene rings is 1. The highest BCUT2D eigenvalue weighted by molar-refractivity contribution is 7.89. The van der Waals surface area contributed by atoms with E-state index in [0.29, 0.717) is 17.4 Å². The van der Waals surface area contributed by atoms with Gasteiger partial charge < -0.3 is 5.73 Å². The molecule has 1 aromatic rings. The molecule has 1 fully saturated rings. The zero-order chi connectivity index (χ0) is 15.7. The van der Waals surface area contributed by atoms with E-state index in [4.69, 9.17) is 5.73 Å². The molecule has 0 spiro atoms. The average Bonchev–Trinajstić information content (AvgIpc) is 2.41. The second-order valence-corrected chi connectivity index (χ2v) is 8.22. The molecule has 0 aliphatic heterocycles. The van der Waals surface area contributed by atoms with Gasteiger partial charge in [-0.15, -0.1) is 0 Å². The van der Waals surface area contributed by atoms with E-state index in [1.54, 1.807) is 12.1 Å². The minimum Gasteiger partial charge on any atom is -0.329 e. The number of sulfonamides is 1. The molecule has 0 aromatic heterocycles. The van der Waals surface area contributed by atoms with Crippen molar-refractivity contribution in [3.05, 3.63) is 29.3 Å². The van der Waals surface area contributed by atoms with E-state index in [9.17, 15) is 8.42 Å². The van der Waals surface area contributed by atoms with Crippen LogP contribution in [0.5, 0.6) is 0 Å². The second kappa shape index (κ2) is 6.07. The number of hydrogen-bond donors (Lipinski definition) is 2. The molecule has 1 aliphatic rings. The van der Waals surface area contributed by atoms with Crippen molar-refractivity contribution in [2.75, 3.05) is 6.54 Å². The minimum atomic E-state index is -3.52. The lowest BCUT2D eigenvalue weighted by molar-refractivity contribution is 0.223. The van der Waals surface area contributed by atoms with E-state index < -0.39 is 15.6 Å². The molecular formula is C16H26N2O2S. The molecule has 2 unspecified atom stereocenters. The quantitative estimate of drug-likeness (QED) is 0.897. The number of nitrogens with one attached hydrogen (secondary N) is 1. The van der Waals surface area contributed by atoms with E-state index in [1.165, 1.54) is 0 Å². The molecule has 0 saturated heterocycles. The van der Waals surface area contributed by atoms with Crippen LogP contribution in [0.15, 0.2) is 23.1 Å². The van der Waals surface area contributed by atoms with Crippen LogP contribution in [0, 0.1) is 19.8 Å². The van der Waals surface area contributed by atoms with Gasteiger partial charge in [0.25, 0.3) is 0 Å². The van der Waals surface area contributed by atoms with E-state index in [-0.39, 0.29) is 0 Å². The summed E-state index contributed by atoms with van der Waals surface area (Å²) in [5, 5.41) is 0. The summed E-state index contributed by atoms with van der Waals surface area (Å²) in [5.41, 5.74) is 7.50. The zero-order valence-electron chi connectivity index (χ0n) is 13.1. The van der Waals surface area contributed by atoms with E-state index in [1.807, 2.05) is 19.9 Å². The molecule has 0 amide bonds. The van der Waals surface area contributed by atoms with Crippen molar-refractivity contribution in [2.24, 2.45) is 11.7 Å². The third kappa shape index (κ3) is 3.65. The molecule has 2 rings (SSSR count). The summed E-state index contributed by atoms with van der Waals surface area (Å²) in [4.78, 5) is 0.330. The standard InChI is InChI=1S/C16H26N2O2S/c1-12-5-4-8-16(10-12,11-17)18-21(19,20)15-7-6-13(2)14(3)9-15/h6-7,9,12,18H,4-5,8,10-11,17H2,1-3H3. The number of nitrogens with two attached hydrogens (primary N) is 1. The molecule has 1 aromatic carbocycles. The fourth-order valence-corrected chi connectivity index (χ4v) is 4.74. The van der Waals surface area contributed by atoms with E-state index >= 15 is 0 Å². The second-order valence-electron chi connectivity index (χ2n) is 6.54. The molecule has 3 N–H and O–H groups in total. The zero-order valence-corrected chi connectivity index (χ0v) is 14.0. The lowest BCUT2D eigenvalue weighted by Crippen LogP contribution is -2.55. The lowest BCUT2D eigenvalue weighted by Gasteiger charge is -2.39. The summed E-state index contributed by atoms with van der Waals surface area (Å²) in [6, 6.07) is 5.25. The highest BCUT2D eigenvalue weighted by Crippen LogP contribution is 2.33. The largest absolute Gasteiger partial charge is 0.329 e. The Morgan fingerprint density at radius 3 is 2.62 bits per heavy atom. The molecule has 1 saturated carbocycles. The van der Waals surface area contributed by atoms with Crippen LogP contribution in [0.1, 0.15) is 43.7 Å². The smallest absolute Gasteiger partial charge is 0.241 e. The van der Waals surface area contributed by atoms with Gasteiger partial charge in [-0.3, -0.25) is 0 Å². The van der Waals surface area contributed by atoms with Gasteiger partial charge in [0.1, 0.15) is 0 Å². The predicted octanol–water partition coefficient (Wildman–Crippen LogP) is 2.49. The molecule has 4 nitrogen and oxygen atoms in total. The Balaban J connectivity index is 2.28. The summed E-state index contributed by atoms with van der Waals surface area (Å²) >= 11 is 0. The summed E-state index contributed by atoms with van der Waals surface area (Å²) in [5.74, 6) is 0.504. The van der Waals surface area contributed by atoms with E-state index in [0.717, 1.165) is 36.8 Å². The van der Waals surface area contributed by atoms with Crippen molar-refractivity contribution >= 4 is 10.0 Å². The normalized spacial score (nSPS) is 26.8. The summed E-state index contributed by atoms with van der Waals surface area (Å²) in [6.45, 7) is 6.41. The summed E-state index contributed by atoms with van der Waals surface area (Å²) in [7, 11) is -3.52. The average molecular weight is 310 g/mol. The molecule has 0 radical (unpaired) electrons. The molecule has 21 heavy (non-hydrogen) atoms. The van der Waals surface area contributed by atoms with Gasteiger partial charge in [0.15, 0.2) is 0 Å². The number of rotatable bonds is 4. The van der Waals surface area contributed by atoms with Gasteiger partial charge in [-0.25, -0.2) is 13.1 Å². The van der Waals surface area contributed by atoms with Crippen LogP contribution in [0.4, 0.5) is 0 Å². The lowest BCUT2D eigenvalue weighted by atomic mass is 9.77. The topological polar surface area (TPSA) is 72.2 Å². The van der Waals surface area contributed by atoms with Gasteiger partial charge in [0.2, 0.25) is 10.0 Å². The third-order valence-corrected chi connectivity index (χ3v) is 6.20. The van der Waals surface area contributed by atoms with Crippen LogP contribution in [-0.4, -0.2) is 20.5 Å². The van der Waals surface area contributed by atoms with Crippen molar-refractivity contribution in [1.29, 1.82) is 0 Å². The van der Waals surface area contributed by atoms with Crippen LogP contribution in [0.2, 0.25) is 0 Å². The van der Waals surface area contributed by atoms with Crippen molar-refractivity contribution < 1.29 is 8.42 Å². The summed E-state index contributed by atoms with van der Waals surface area (Å²) < 4.78 is 28.2. The fraction of sp³-hybridized carbons (Fsp3) is 0.625. The molecular weight excluding hydrogens is 284 g/mol. The highest BCUT2D eigenvalue weighted by atomic mass is 32.2. The van der Waals surface area contributed by atoms with Crippen molar-refractivity contribution in [2.45, 2.75) is 56.9 Å². The Hall–Kier alpha value is -0.910. The van der Waals surface area contributed by atoms with Gasteiger partial charge in [0.05, 0.1) is 4.90 Å². The third-order valence-electron chi connectivity index (χ3n) is 4.62. The summed E-state index contributed by atoms with van der Waals surface area (Å²) in [6.07, 6.45) is 3.80. The van der Waals surface area contributed by atoms with Crippen LogP contribution in [-0.2, 0) is 10.0 Å². The first-order valence-electron chi connectivity index (χ1n) is 7.59. The fourth-order valence-electron chi connectivity index (χ4n) is 3.20. The molecule has 5 heteroatoms. The maximum absolute atomic E-state index is 12.7. The van der Waals surface area contributed by atoms with Gasteiger partial charge >= 0.3 is 0 Å². The predicted molar refractivity (Wildman–Crippen MR) is 85.7 cm³/mol. The SMILES string of the molecule is Cc1ccc(S(=O)(=O)NC2(CN)CCCC(C)C2)cc1C. The first kappa shape index (κ1) is 16.5. The Morgan fingerprint density at radius 1 is 1.33 bits per heavy atom. The maximum atomic E-state index is 12.7. The van der Waals surface area contributed by atoms with Gasteiger partial charge in [-0.1, -0.05) is 25.8 Å². The van der Waals surface area contributed by atoms with Crippen LogP contribution >= 0.6 is 0 Å². The molecule has 0 bridgehead atoms. The number of hydrogen-bond acceptors (Lipinski definition) is 3. The Kier molecular flexibility index (Phi) is 4.76. The Morgan fingerprint density at radius 2 is 2.05 bits per heavy atom. The molecule has 118 valence electrons. The molecule has 1 aliphatic carbocycles. The Labute approximate surface area is 128 Å². The number of aryl methyl sites for hydroxylation is 2. The van der Waals surface area contributed by atoms with Crippen molar-refractivity contribution in [1.82, 2.24) is 4.72 Å². The molecule has 2 atom stereocenters. The van der Waals surface area contributed by atoms with Gasteiger partial charge in [0, 0.05) is 12.1 Å². The monoisotopic (exact) mass is 310 g/mol. The highest BCUT2D eigenvalue weighted by Gasteiger charge is 2.37. The van der Waals surface area contributed by atoms with Crippen LogP contribution < -0.4 is 10.5 Å². The van der Waals surface area contributed by atoms with Gasteiger partial charge in [-0.2, -0.15) is 0 Å². The first-order chi connectivity index (χ1) is 9.78. The molecule has 0 heterocycles.